The second-order valence-corrected chi connectivity index (χ2v) is 5.46. The highest BCUT2D eigenvalue weighted by atomic mass is 16.3. The molecular weight excluding hydrogens is 210 g/mol. The van der Waals surface area contributed by atoms with Gasteiger partial charge < -0.3 is 10.0 Å². The topological polar surface area (TPSA) is 23.5 Å². The van der Waals surface area contributed by atoms with Gasteiger partial charge in [0.05, 0.1) is 0 Å². The van der Waals surface area contributed by atoms with E-state index in [1.54, 1.807) is 0 Å². The fraction of sp³-hybridized carbons (Fsp3) is 0.600. The van der Waals surface area contributed by atoms with E-state index in [1.807, 2.05) is 0 Å². The lowest BCUT2D eigenvalue weighted by Crippen LogP contribution is -2.20. The van der Waals surface area contributed by atoms with Crippen LogP contribution >= 0.6 is 0 Å². The summed E-state index contributed by atoms with van der Waals surface area (Å²) < 4.78 is 0. The Balaban J connectivity index is 1.93. The van der Waals surface area contributed by atoms with Crippen molar-refractivity contribution < 1.29 is 5.11 Å². The van der Waals surface area contributed by atoms with Crippen molar-refractivity contribution in [2.24, 2.45) is 11.8 Å². The van der Waals surface area contributed by atoms with E-state index in [9.17, 15) is 0 Å². The van der Waals surface area contributed by atoms with Crippen LogP contribution in [0.1, 0.15) is 25.3 Å². The molecule has 0 spiro atoms. The van der Waals surface area contributed by atoms with Crippen LogP contribution in [0.2, 0.25) is 0 Å². The molecule has 1 heterocycles. The molecule has 0 aromatic heterocycles. The second-order valence-electron chi connectivity index (χ2n) is 5.46. The van der Waals surface area contributed by atoms with Gasteiger partial charge in [0, 0.05) is 25.4 Å². The van der Waals surface area contributed by atoms with Gasteiger partial charge in [-0.1, -0.05) is 19.1 Å². The highest BCUT2D eigenvalue weighted by molar-refractivity contribution is 5.49. The lowest BCUT2D eigenvalue weighted by Gasteiger charge is -2.20. The highest BCUT2D eigenvalue weighted by Crippen LogP contribution is 2.28. The van der Waals surface area contributed by atoms with Gasteiger partial charge in [0.2, 0.25) is 0 Å². The standard InChI is InChI=1S/C15H23NO/c1-12-4-3-5-15(9-12)16-7-6-14(10-16)8-13(2)11-17/h3-5,9,13-14,17H,6-8,10-11H2,1-2H3. The lowest BCUT2D eigenvalue weighted by atomic mass is 9.96. The van der Waals surface area contributed by atoms with Crippen LogP contribution in [-0.2, 0) is 0 Å². The number of aryl methyl sites for hydroxylation is 1. The Kier molecular flexibility index (Phi) is 4.06. The third kappa shape index (κ3) is 3.22. The number of hydrogen-bond acceptors (Lipinski definition) is 2. The van der Waals surface area contributed by atoms with Gasteiger partial charge in [-0.2, -0.15) is 0 Å². The highest BCUT2D eigenvalue weighted by Gasteiger charge is 2.23. The molecule has 1 saturated heterocycles. The molecule has 1 N–H and O–H groups in total. The smallest absolute Gasteiger partial charge is 0.0456 e. The van der Waals surface area contributed by atoms with Crippen molar-refractivity contribution in [1.29, 1.82) is 0 Å². The van der Waals surface area contributed by atoms with Crippen LogP contribution in [0, 0.1) is 18.8 Å². The first-order chi connectivity index (χ1) is 8.19. The molecule has 0 amide bonds. The molecule has 1 aliphatic rings. The average molecular weight is 233 g/mol. The average Bonchev–Trinajstić information content (AvgIpc) is 2.77. The van der Waals surface area contributed by atoms with E-state index in [2.05, 4.69) is 43.0 Å². The Morgan fingerprint density at radius 3 is 3.00 bits per heavy atom. The molecule has 2 atom stereocenters. The number of benzene rings is 1. The summed E-state index contributed by atoms with van der Waals surface area (Å²) in [5.74, 6) is 1.19. The predicted octanol–water partition coefficient (Wildman–Crippen LogP) is 2.84. The number of nitrogens with zero attached hydrogens (tertiary/aromatic N) is 1. The van der Waals surface area contributed by atoms with Crippen molar-refractivity contribution >= 4 is 5.69 Å². The zero-order chi connectivity index (χ0) is 12.3. The first kappa shape index (κ1) is 12.4. The molecule has 0 saturated carbocycles. The molecular formula is C15H23NO. The predicted molar refractivity (Wildman–Crippen MR) is 72.4 cm³/mol. The van der Waals surface area contributed by atoms with Gasteiger partial charge in [0.15, 0.2) is 0 Å². The van der Waals surface area contributed by atoms with E-state index in [1.165, 1.54) is 17.7 Å². The van der Waals surface area contributed by atoms with Crippen LogP contribution in [0.5, 0.6) is 0 Å². The molecule has 2 heteroatoms. The van der Waals surface area contributed by atoms with E-state index in [0.29, 0.717) is 12.5 Å². The molecule has 0 radical (unpaired) electrons. The van der Waals surface area contributed by atoms with E-state index in [0.717, 1.165) is 25.4 Å². The van der Waals surface area contributed by atoms with Crippen molar-refractivity contribution in [3.8, 4) is 0 Å². The summed E-state index contributed by atoms with van der Waals surface area (Å²) in [5, 5.41) is 9.10. The maximum absolute atomic E-state index is 9.10. The molecule has 94 valence electrons. The first-order valence-corrected chi connectivity index (χ1v) is 6.61. The third-order valence-electron chi connectivity index (χ3n) is 3.70. The van der Waals surface area contributed by atoms with Crippen molar-refractivity contribution in [2.45, 2.75) is 26.7 Å². The van der Waals surface area contributed by atoms with E-state index in [-0.39, 0.29) is 0 Å². The molecule has 0 bridgehead atoms. The zero-order valence-electron chi connectivity index (χ0n) is 10.9. The van der Waals surface area contributed by atoms with Gasteiger partial charge in [-0.15, -0.1) is 0 Å². The second kappa shape index (κ2) is 5.54. The summed E-state index contributed by atoms with van der Waals surface area (Å²) in [5.41, 5.74) is 2.68. The van der Waals surface area contributed by atoms with Gasteiger partial charge in [-0.3, -0.25) is 0 Å². The number of rotatable bonds is 4. The number of aliphatic hydroxyl groups is 1. The zero-order valence-corrected chi connectivity index (χ0v) is 10.9. The van der Waals surface area contributed by atoms with Gasteiger partial charge >= 0.3 is 0 Å². The molecule has 17 heavy (non-hydrogen) atoms. The van der Waals surface area contributed by atoms with Gasteiger partial charge in [0.1, 0.15) is 0 Å². The molecule has 1 aliphatic heterocycles. The van der Waals surface area contributed by atoms with Crippen LogP contribution in [0.3, 0.4) is 0 Å². The van der Waals surface area contributed by atoms with E-state index < -0.39 is 0 Å². The fourth-order valence-electron chi connectivity index (χ4n) is 2.73. The number of hydrogen-bond donors (Lipinski definition) is 1. The van der Waals surface area contributed by atoms with Crippen molar-refractivity contribution in [3.05, 3.63) is 29.8 Å². The summed E-state index contributed by atoms with van der Waals surface area (Å²) in [4.78, 5) is 2.47. The summed E-state index contributed by atoms with van der Waals surface area (Å²) in [6, 6.07) is 8.74. The van der Waals surface area contributed by atoms with Crippen LogP contribution in [0.15, 0.2) is 24.3 Å². The van der Waals surface area contributed by atoms with Crippen LogP contribution in [-0.4, -0.2) is 24.8 Å². The third-order valence-corrected chi connectivity index (χ3v) is 3.70. The molecule has 1 fully saturated rings. The number of aliphatic hydroxyl groups excluding tert-OH is 1. The normalized spacial score (nSPS) is 21.8. The molecule has 2 nitrogen and oxygen atoms in total. The van der Waals surface area contributed by atoms with Crippen LogP contribution < -0.4 is 4.90 Å². The van der Waals surface area contributed by atoms with E-state index >= 15 is 0 Å². The molecule has 1 aromatic rings. The summed E-state index contributed by atoms with van der Waals surface area (Å²) in [7, 11) is 0. The Hall–Kier alpha value is -1.02. The fourth-order valence-corrected chi connectivity index (χ4v) is 2.73. The van der Waals surface area contributed by atoms with Gasteiger partial charge in [-0.05, 0) is 49.3 Å². The molecule has 1 aromatic carbocycles. The first-order valence-electron chi connectivity index (χ1n) is 6.61. The maximum Gasteiger partial charge on any atom is 0.0456 e. The van der Waals surface area contributed by atoms with Crippen molar-refractivity contribution in [2.75, 3.05) is 24.6 Å². The van der Waals surface area contributed by atoms with Gasteiger partial charge in [-0.25, -0.2) is 0 Å². The minimum Gasteiger partial charge on any atom is -0.396 e. The quantitative estimate of drug-likeness (QED) is 0.864. The monoisotopic (exact) mass is 233 g/mol. The van der Waals surface area contributed by atoms with Crippen LogP contribution in [0.4, 0.5) is 5.69 Å². The largest absolute Gasteiger partial charge is 0.396 e. The van der Waals surface area contributed by atoms with Gasteiger partial charge in [0.25, 0.3) is 0 Å². The summed E-state index contributed by atoms with van der Waals surface area (Å²) in [6.45, 7) is 6.90. The Labute approximate surface area is 104 Å². The number of anilines is 1. The Bertz CT molecular complexity index is 364. The molecule has 0 aliphatic carbocycles. The lowest BCUT2D eigenvalue weighted by molar-refractivity contribution is 0.215. The SMILES string of the molecule is Cc1cccc(N2CCC(CC(C)CO)C2)c1. The summed E-state index contributed by atoms with van der Waals surface area (Å²) >= 11 is 0. The Morgan fingerprint density at radius 1 is 1.47 bits per heavy atom. The Morgan fingerprint density at radius 2 is 2.29 bits per heavy atom. The van der Waals surface area contributed by atoms with Crippen molar-refractivity contribution in [1.82, 2.24) is 0 Å². The minimum atomic E-state index is 0.320. The molecule has 2 unspecified atom stereocenters. The van der Waals surface area contributed by atoms with Crippen LogP contribution in [0.25, 0.3) is 0 Å². The van der Waals surface area contributed by atoms with E-state index in [4.69, 9.17) is 5.11 Å². The maximum atomic E-state index is 9.10. The minimum absolute atomic E-state index is 0.320. The molecule has 2 rings (SSSR count). The van der Waals surface area contributed by atoms with Crippen molar-refractivity contribution in [3.63, 3.8) is 0 Å². The summed E-state index contributed by atoms with van der Waals surface area (Å²) in [6.07, 6.45) is 2.41.